The predicted molar refractivity (Wildman–Crippen MR) is 84.8 cm³/mol. The molecule has 2 aliphatic rings. The lowest BCUT2D eigenvalue weighted by Crippen LogP contribution is -2.40. The normalized spacial score (nSPS) is 18.4. The Morgan fingerprint density at radius 3 is 2.90 bits per heavy atom. The molecule has 112 valence electrons. The second-order valence-corrected chi connectivity index (χ2v) is 5.91. The summed E-state index contributed by atoms with van der Waals surface area (Å²) in [6.45, 7) is 2.73. The van der Waals surface area contributed by atoms with Crippen LogP contribution in [0.25, 0.3) is 0 Å². The van der Waals surface area contributed by atoms with Crippen LogP contribution in [0.15, 0.2) is 18.2 Å². The van der Waals surface area contributed by atoms with Gasteiger partial charge in [0.1, 0.15) is 5.75 Å². The van der Waals surface area contributed by atoms with Gasteiger partial charge in [0.15, 0.2) is 0 Å². The van der Waals surface area contributed by atoms with E-state index in [-0.39, 0.29) is 12.4 Å². The summed E-state index contributed by atoms with van der Waals surface area (Å²) in [5.41, 5.74) is 8.69. The highest BCUT2D eigenvalue weighted by Crippen LogP contribution is 2.34. The molecular formula is C16H25ClN2O. The third kappa shape index (κ3) is 3.46. The Kier molecular flexibility index (Phi) is 5.30. The largest absolute Gasteiger partial charge is 0.493 e. The molecule has 0 radical (unpaired) electrons. The van der Waals surface area contributed by atoms with Gasteiger partial charge >= 0.3 is 0 Å². The van der Waals surface area contributed by atoms with Crippen LogP contribution in [-0.2, 0) is 12.8 Å². The fourth-order valence-corrected chi connectivity index (χ4v) is 3.08. The number of nitrogens with two attached hydrogens (primary N) is 1. The van der Waals surface area contributed by atoms with Gasteiger partial charge < -0.3 is 15.4 Å². The molecule has 0 saturated heterocycles. The van der Waals surface area contributed by atoms with Crippen LogP contribution in [0.5, 0.6) is 5.75 Å². The monoisotopic (exact) mass is 296 g/mol. The van der Waals surface area contributed by atoms with Crippen molar-refractivity contribution in [3.05, 3.63) is 29.3 Å². The van der Waals surface area contributed by atoms with E-state index in [1.54, 1.807) is 0 Å². The van der Waals surface area contributed by atoms with Crippen molar-refractivity contribution in [2.45, 2.75) is 31.7 Å². The van der Waals surface area contributed by atoms with Crippen LogP contribution in [0.3, 0.4) is 0 Å². The van der Waals surface area contributed by atoms with Crippen molar-refractivity contribution in [3.63, 3.8) is 0 Å². The van der Waals surface area contributed by atoms with E-state index in [2.05, 4.69) is 30.1 Å². The van der Waals surface area contributed by atoms with E-state index in [1.807, 2.05) is 0 Å². The minimum Gasteiger partial charge on any atom is -0.493 e. The smallest absolute Gasteiger partial charge is 0.122 e. The molecule has 4 heteroatoms. The maximum Gasteiger partial charge on any atom is 0.122 e. The third-order valence-corrected chi connectivity index (χ3v) is 4.48. The first-order chi connectivity index (χ1) is 9.28. The summed E-state index contributed by atoms with van der Waals surface area (Å²) in [5, 5.41) is 0. The van der Waals surface area contributed by atoms with Crippen LogP contribution in [0, 0.1) is 5.92 Å². The summed E-state index contributed by atoms with van der Waals surface area (Å²) >= 11 is 0. The summed E-state index contributed by atoms with van der Waals surface area (Å²) in [6.07, 6.45) is 4.89. The highest BCUT2D eigenvalue weighted by molar-refractivity contribution is 5.85. The fourth-order valence-electron chi connectivity index (χ4n) is 3.08. The first kappa shape index (κ1) is 15.6. The quantitative estimate of drug-likeness (QED) is 0.875. The molecule has 1 fully saturated rings. The summed E-state index contributed by atoms with van der Waals surface area (Å²) in [7, 11) is 2.21. The lowest BCUT2D eigenvalue weighted by molar-refractivity contribution is 0.226. The molecule has 1 unspecified atom stereocenters. The van der Waals surface area contributed by atoms with Crippen LogP contribution in [-0.4, -0.2) is 37.7 Å². The number of ether oxygens (including phenoxy) is 1. The number of nitrogens with zero attached hydrogens (tertiary/aromatic N) is 1. The number of halogens is 1. The van der Waals surface area contributed by atoms with E-state index in [4.69, 9.17) is 10.5 Å². The van der Waals surface area contributed by atoms with Gasteiger partial charge in [-0.3, -0.25) is 0 Å². The van der Waals surface area contributed by atoms with Crippen molar-refractivity contribution in [3.8, 4) is 5.75 Å². The Labute approximate surface area is 127 Å². The number of rotatable bonds is 6. The second-order valence-electron chi connectivity index (χ2n) is 5.91. The maximum absolute atomic E-state index is 5.90. The van der Waals surface area contributed by atoms with E-state index >= 15 is 0 Å². The van der Waals surface area contributed by atoms with Crippen LogP contribution >= 0.6 is 12.4 Å². The molecule has 20 heavy (non-hydrogen) atoms. The Balaban J connectivity index is 0.00000147. The van der Waals surface area contributed by atoms with Gasteiger partial charge in [0.25, 0.3) is 0 Å². The molecule has 0 amide bonds. The van der Waals surface area contributed by atoms with E-state index in [0.717, 1.165) is 44.2 Å². The highest BCUT2D eigenvalue weighted by Gasteiger charge is 2.32. The zero-order chi connectivity index (χ0) is 13.2. The highest BCUT2D eigenvalue weighted by atomic mass is 35.5. The molecule has 1 aliphatic carbocycles. The Morgan fingerprint density at radius 1 is 1.40 bits per heavy atom. The summed E-state index contributed by atoms with van der Waals surface area (Å²) < 4.78 is 5.55. The molecule has 0 bridgehead atoms. The van der Waals surface area contributed by atoms with Crippen LogP contribution in [0.4, 0.5) is 0 Å². The van der Waals surface area contributed by atoms with Gasteiger partial charge in [0, 0.05) is 25.6 Å². The van der Waals surface area contributed by atoms with Crippen LogP contribution in [0.1, 0.15) is 24.0 Å². The molecule has 0 aromatic heterocycles. The lowest BCUT2D eigenvalue weighted by Gasteiger charge is -2.27. The molecule has 1 saturated carbocycles. The average molecular weight is 297 g/mol. The van der Waals surface area contributed by atoms with Crippen molar-refractivity contribution in [2.75, 3.05) is 26.7 Å². The zero-order valence-electron chi connectivity index (χ0n) is 12.2. The van der Waals surface area contributed by atoms with E-state index in [9.17, 15) is 0 Å². The van der Waals surface area contributed by atoms with Crippen molar-refractivity contribution in [1.82, 2.24) is 4.90 Å². The summed E-state index contributed by atoms with van der Waals surface area (Å²) in [6, 6.07) is 7.22. The van der Waals surface area contributed by atoms with Gasteiger partial charge in [0.05, 0.1) is 6.61 Å². The van der Waals surface area contributed by atoms with Crippen LogP contribution in [0.2, 0.25) is 0 Å². The Morgan fingerprint density at radius 2 is 2.20 bits per heavy atom. The number of hydrogen-bond donors (Lipinski definition) is 1. The van der Waals surface area contributed by atoms with E-state index in [1.165, 1.54) is 24.0 Å². The first-order valence-corrected chi connectivity index (χ1v) is 7.43. The molecule has 1 heterocycles. The van der Waals surface area contributed by atoms with E-state index < -0.39 is 0 Å². The van der Waals surface area contributed by atoms with Gasteiger partial charge in [0.2, 0.25) is 0 Å². The molecule has 3 rings (SSSR count). The molecule has 1 aromatic rings. The number of benzene rings is 1. The third-order valence-electron chi connectivity index (χ3n) is 4.48. The number of likely N-dealkylation sites (N-methyl/N-ethyl adjacent to an activating group) is 1. The van der Waals surface area contributed by atoms with Crippen molar-refractivity contribution in [1.29, 1.82) is 0 Å². The predicted octanol–water partition coefficient (Wildman–Crippen LogP) is 2.25. The standard InChI is InChI=1S/C16H24N2O.ClH/c1-18(15(11-17)13-3-4-13)8-6-12-2-5-16-14(10-12)7-9-19-16;/h2,5,10,13,15H,3-4,6-9,11,17H2,1H3;1H. The van der Waals surface area contributed by atoms with Crippen molar-refractivity contribution >= 4 is 12.4 Å². The average Bonchev–Trinajstić information content (AvgIpc) is 3.14. The minimum atomic E-state index is 0. The molecule has 1 atom stereocenters. The van der Waals surface area contributed by atoms with Gasteiger partial charge in [-0.1, -0.05) is 12.1 Å². The first-order valence-electron chi connectivity index (χ1n) is 7.43. The molecule has 3 nitrogen and oxygen atoms in total. The van der Waals surface area contributed by atoms with Crippen molar-refractivity contribution < 1.29 is 4.74 Å². The van der Waals surface area contributed by atoms with Gasteiger partial charge in [-0.25, -0.2) is 0 Å². The Hall–Kier alpha value is -0.770. The minimum absolute atomic E-state index is 0. The molecular weight excluding hydrogens is 272 g/mol. The SMILES string of the molecule is CN(CCc1ccc2c(c1)CCO2)C(CN)C1CC1.Cl. The second kappa shape index (κ2) is 6.79. The molecule has 1 aromatic carbocycles. The molecule has 0 spiro atoms. The maximum atomic E-state index is 5.90. The number of fused-ring (bicyclic) bond motifs is 1. The molecule has 1 aliphatic heterocycles. The summed E-state index contributed by atoms with van der Waals surface area (Å²) in [4.78, 5) is 2.45. The van der Waals surface area contributed by atoms with Gasteiger partial charge in [-0.2, -0.15) is 0 Å². The topological polar surface area (TPSA) is 38.5 Å². The Bertz CT molecular complexity index is 448. The fraction of sp³-hybridized carbons (Fsp3) is 0.625. The lowest BCUT2D eigenvalue weighted by atomic mass is 10.1. The zero-order valence-corrected chi connectivity index (χ0v) is 13.0. The van der Waals surface area contributed by atoms with E-state index in [0.29, 0.717) is 6.04 Å². The van der Waals surface area contributed by atoms with Crippen molar-refractivity contribution in [2.24, 2.45) is 11.7 Å². The number of hydrogen-bond acceptors (Lipinski definition) is 3. The molecule has 2 N–H and O–H groups in total. The van der Waals surface area contributed by atoms with Crippen LogP contribution < -0.4 is 10.5 Å². The van der Waals surface area contributed by atoms with Gasteiger partial charge in [-0.15, -0.1) is 12.4 Å². The van der Waals surface area contributed by atoms with Gasteiger partial charge in [-0.05, 0) is 49.4 Å². The summed E-state index contributed by atoms with van der Waals surface area (Å²) in [5.74, 6) is 1.93.